The third kappa shape index (κ3) is 2.08. The van der Waals surface area contributed by atoms with Crippen molar-refractivity contribution in [2.45, 2.75) is 26.8 Å². The van der Waals surface area contributed by atoms with Crippen molar-refractivity contribution in [2.24, 2.45) is 7.05 Å². The Morgan fingerprint density at radius 2 is 2.31 bits per heavy atom. The number of nitrogens with one attached hydrogen (secondary N) is 1. The van der Waals surface area contributed by atoms with Gasteiger partial charge in [0, 0.05) is 25.2 Å². The van der Waals surface area contributed by atoms with E-state index in [2.05, 4.69) is 10.4 Å². The summed E-state index contributed by atoms with van der Waals surface area (Å²) < 4.78 is 1.80. The van der Waals surface area contributed by atoms with Gasteiger partial charge in [-0.15, -0.1) is 0 Å². The number of hydrogen-bond acceptors (Lipinski definition) is 2. The lowest BCUT2D eigenvalue weighted by atomic mass is 10.1. The first-order valence-electron chi connectivity index (χ1n) is 4.28. The van der Waals surface area contributed by atoms with Gasteiger partial charge in [-0.1, -0.05) is 0 Å². The lowest BCUT2D eigenvalue weighted by Gasteiger charge is -2.11. The average Bonchev–Trinajstić information content (AvgIpc) is 2.31. The van der Waals surface area contributed by atoms with E-state index in [1.165, 1.54) is 6.92 Å². The number of hydrogen-bond donors (Lipinski definition) is 1. The standard InChI is InChI=1S/C9H15N3O/c1-6(11-8(3)13)9-5-10-12(4)7(9)2/h5-6H,1-4H3,(H,11,13). The normalized spacial score (nSPS) is 12.6. The topological polar surface area (TPSA) is 46.9 Å². The van der Waals surface area contributed by atoms with E-state index in [0.29, 0.717) is 0 Å². The third-order valence-electron chi connectivity index (χ3n) is 2.16. The molecule has 0 aromatic carbocycles. The molecule has 0 saturated heterocycles. The molecule has 0 saturated carbocycles. The van der Waals surface area contributed by atoms with Crippen molar-refractivity contribution >= 4 is 5.91 Å². The molecule has 1 amide bonds. The van der Waals surface area contributed by atoms with Gasteiger partial charge in [0.1, 0.15) is 0 Å². The first-order valence-corrected chi connectivity index (χ1v) is 4.28. The molecule has 13 heavy (non-hydrogen) atoms. The Morgan fingerprint density at radius 1 is 1.69 bits per heavy atom. The molecule has 0 radical (unpaired) electrons. The Morgan fingerprint density at radius 3 is 2.69 bits per heavy atom. The molecule has 0 aliphatic carbocycles. The highest BCUT2D eigenvalue weighted by Crippen LogP contribution is 2.15. The van der Waals surface area contributed by atoms with Gasteiger partial charge in [-0.05, 0) is 13.8 Å². The summed E-state index contributed by atoms with van der Waals surface area (Å²) in [5.74, 6) is -0.0178. The van der Waals surface area contributed by atoms with Gasteiger partial charge in [-0.3, -0.25) is 9.48 Å². The fourth-order valence-electron chi connectivity index (χ4n) is 1.32. The van der Waals surface area contributed by atoms with E-state index in [0.717, 1.165) is 11.3 Å². The van der Waals surface area contributed by atoms with E-state index in [-0.39, 0.29) is 11.9 Å². The maximum absolute atomic E-state index is 10.8. The SMILES string of the molecule is CC(=O)NC(C)c1cnn(C)c1C. The molecule has 0 aliphatic rings. The summed E-state index contributed by atoms with van der Waals surface area (Å²) in [4.78, 5) is 10.8. The third-order valence-corrected chi connectivity index (χ3v) is 2.16. The smallest absolute Gasteiger partial charge is 0.217 e. The molecule has 1 N–H and O–H groups in total. The molecule has 4 nitrogen and oxygen atoms in total. The Kier molecular flexibility index (Phi) is 2.70. The van der Waals surface area contributed by atoms with E-state index in [4.69, 9.17) is 0 Å². The van der Waals surface area contributed by atoms with Crippen LogP contribution in [-0.4, -0.2) is 15.7 Å². The van der Waals surface area contributed by atoms with Crippen molar-refractivity contribution in [1.82, 2.24) is 15.1 Å². The molecule has 0 spiro atoms. The minimum absolute atomic E-state index is 0.0178. The predicted molar refractivity (Wildman–Crippen MR) is 50.2 cm³/mol. The van der Waals surface area contributed by atoms with Crippen LogP contribution < -0.4 is 5.32 Å². The number of carbonyl (C=O) groups is 1. The summed E-state index contributed by atoms with van der Waals surface area (Å²) in [5.41, 5.74) is 2.15. The van der Waals surface area contributed by atoms with E-state index in [1.807, 2.05) is 20.9 Å². The first-order chi connectivity index (χ1) is 6.02. The molecule has 1 heterocycles. The molecular formula is C9H15N3O. The van der Waals surface area contributed by atoms with Crippen LogP contribution in [0.4, 0.5) is 0 Å². The highest BCUT2D eigenvalue weighted by Gasteiger charge is 2.11. The summed E-state index contributed by atoms with van der Waals surface area (Å²) in [6.07, 6.45) is 1.79. The molecule has 0 fully saturated rings. The largest absolute Gasteiger partial charge is 0.350 e. The average molecular weight is 181 g/mol. The minimum atomic E-state index is -0.0178. The van der Waals surface area contributed by atoms with Crippen molar-refractivity contribution in [3.8, 4) is 0 Å². The van der Waals surface area contributed by atoms with E-state index < -0.39 is 0 Å². The van der Waals surface area contributed by atoms with E-state index >= 15 is 0 Å². The fraction of sp³-hybridized carbons (Fsp3) is 0.556. The van der Waals surface area contributed by atoms with Crippen molar-refractivity contribution in [3.05, 3.63) is 17.5 Å². The molecule has 0 bridgehead atoms. The quantitative estimate of drug-likeness (QED) is 0.737. The second kappa shape index (κ2) is 3.60. The second-order valence-electron chi connectivity index (χ2n) is 3.23. The molecule has 1 unspecified atom stereocenters. The van der Waals surface area contributed by atoms with Crippen LogP contribution >= 0.6 is 0 Å². The van der Waals surface area contributed by atoms with Gasteiger partial charge in [0.25, 0.3) is 0 Å². The molecule has 1 rings (SSSR count). The zero-order chi connectivity index (χ0) is 10.0. The second-order valence-corrected chi connectivity index (χ2v) is 3.23. The van der Waals surface area contributed by atoms with Crippen LogP contribution in [0, 0.1) is 6.92 Å². The highest BCUT2D eigenvalue weighted by atomic mass is 16.1. The molecule has 1 atom stereocenters. The first kappa shape index (κ1) is 9.77. The molecular weight excluding hydrogens is 166 g/mol. The fourth-order valence-corrected chi connectivity index (χ4v) is 1.32. The zero-order valence-corrected chi connectivity index (χ0v) is 8.46. The Balaban J connectivity index is 2.82. The van der Waals surface area contributed by atoms with Gasteiger partial charge in [0.15, 0.2) is 0 Å². The lowest BCUT2D eigenvalue weighted by Crippen LogP contribution is -2.23. The van der Waals surface area contributed by atoms with Gasteiger partial charge in [0.05, 0.1) is 12.2 Å². The van der Waals surface area contributed by atoms with Crippen molar-refractivity contribution in [1.29, 1.82) is 0 Å². The number of amides is 1. The van der Waals surface area contributed by atoms with Gasteiger partial charge in [0.2, 0.25) is 5.91 Å². The summed E-state index contributed by atoms with van der Waals surface area (Å²) >= 11 is 0. The Bertz CT molecular complexity index is 317. The molecule has 1 aromatic heterocycles. The highest BCUT2D eigenvalue weighted by molar-refractivity contribution is 5.73. The monoisotopic (exact) mass is 181 g/mol. The van der Waals surface area contributed by atoms with Crippen LogP contribution in [0.15, 0.2) is 6.20 Å². The maximum atomic E-state index is 10.8. The van der Waals surface area contributed by atoms with Gasteiger partial charge in [-0.2, -0.15) is 5.10 Å². The lowest BCUT2D eigenvalue weighted by molar-refractivity contribution is -0.119. The minimum Gasteiger partial charge on any atom is -0.350 e. The summed E-state index contributed by atoms with van der Waals surface area (Å²) in [5, 5.41) is 6.93. The van der Waals surface area contributed by atoms with Crippen molar-refractivity contribution in [2.75, 3.05) is 0 Å². The number of rotatable bonds is 2. The zero-order valence-electron chi connectivity index (χ0n) is 8.46. The molecule has 72 valence electrons. The van der Waals surface area contributed by atoms with Crippen LogP contribution in [0.5, 0.6) is 0 Å². The van der Waals surface area contributed by atoms with Gasteiger partial charge in [-0.25, -0.2) is 0 Å². The van der Waals surface area contributed by atoms with Crippen molar-refractivity contribution < 1.29 is 4.79 Å². The van der Waals surface area contributed by atoms with Gasteiger partial charge >= 0.3 is 0 Å². The Labute approximate surface area is 77.9 Å². The number of carbonyl (C=O) groups excluding carboxylic acids is 1. The van der Waals surface area contributed by atoms with Crippen LogP contribution in [-0.2, 0) is 11.8 Å². The summed E-state index contributed by atoms with van der Waals surface area (Å²) in [6.45, 7) is 5.45. The molecule has 1 aromatic rings. The van der Waals surface area contributed by atoms with Crippen molar-refractivity contribution in [3.63, 3.8) is 0 Å². The number of nitrogens with zero attached hydrogens (tertiary/aromatic N) is 2. The number of aromatic nitrogens is 2. The summed E-state index contributed by atoms with van der Waals surface area (Å²) in [6, 6.07) is 0.0335. The maximum Gasteiger partial charge on any atom is 0.217 e. The van der Waals surface area contributed by atoms with Crippen LogP contribution in [0.25, 0.3) is 0 Å². The Hall–Kier alpha value is -1.32. The molecule has 0 aliphatic heterocycles. The molecule has 4 heteroatoms. The number of aryl methyl sites for hydroxylation is 1. The van der Waals surface area contributed by atoms with E-state index in [9.17, 15) is 4.79 Å². The van der Waals surface area contributed by atoms with Crippen LogP contribution in [0.2, 0.25) is 0 Å². The predicted octanol–water partition coefficient (Wildman–Crippen LogP) is 0.926. The van der Waals surface area contributed by atoms with Gasteiger partial charge < -0.3 is 5.32 Å². The van der Waals surface area contributed by atoms with Crippen LogP contribution in [0.1, 0.15) is 31.1 Å². The van der Waals surface area contributed by atoms with Crippen LogP contribution in [0.3, 0.4) is 0 Å². The van der Waals surface area contributed by atoms with E-state index in [1.54, 1.807) is 10.9 Å². The summed E-state index contributed by atoms with van der Waals surface area (Å²) in [7, 11) is 1.89.